The number of sulfonamides is 1. The highest BCUT2D eigenvalue weighted by Gasteiger charge is 2.29. The lowest BCUT2D eigenvalue weighted by Gasteiger charge is -2.26. The number of rotatable bonds is 6. The second-order valence-electron chi connectivity index (χ2n) is 9.07. The minimum Gasteiger partial charge on any atom is -0.486 e. The Balaban J connectivity index is 1.25. The molecule has 2 aromatic rings. The second-order valence-corrected chi connectivity index (χ2v) is 11.0. The molecule has 0 aromatic heterocycles. The molecule has 3 aliphatic rings. The number of benzene rings is 2. The van der Waals surface area contributed by atoms with Crippen molar-refractivity contribution >= 4 is 21.6 Å². The summed E-state index contributed by atoms with van der Waals surface area (Å²) < 4.78 is 38.9. The van der Waals surface area contributed by atoms with Crippen LogP contribution >= 0.6 is 0 Å². The molecule has 9 heteroatoms. The van der Waals surface area contributed by atoms with Crippen LogP contribution in [0.5, 0.6) is 11.5 Å². The number of piperidine rings is 1. The molecule has 5 rings (SSSR count). The SMILES string of the molecule is O=C(CN1CCC[C@@H]1c1ccc2c(c1)OCCO2)Nc1cccc(S(=O)(=O)N2CCCCC2)c1. The zero-order chi connectivity index (χ0) is 23.5. The van der Waals surface area contributed by atoms with E-state index in [-0.39, 0.29) is 23.4 Å². The molecular formula is C25H31N3O5S. The summed E-state index contributed by atoms with van der Waals surface area (Å²) in [5.74, 6) is 1.36. The van der Waals surface area contributed by atoms with Crippen molar-refractivity contribution in [2.75, 3.05) is 44.7 Å². The Hall–Kier alpha value is -2.62. The van der Waals surface area contributed by atoms with Crippen LogP contribution in [0.25, 0.3) is 0 Å². The first-order valence-corrected chi connectivity index (χ1v) is 13.5. The van der Waals surface area contributed by atoms with Crippen LogP contribution in [0, 0.1) is 0 Å². The highest BCUT2D eigenvalue weighted by Crippen LogP contribution is 2.38. The number of likely N-dealkylation sites (tertiary alicyclic amines) is 1. The molecule has 0 saturated carbocycles. The highest BCUT2D eigenvalue weighted by atomic mass is 32.2. The Morgan fingerprint density at radius 3 is 2.56 bits per heavy atom. The van der Waals surface area contributed by atoms with Gasteiger partial charge in [-0.2, -0.15) is 4.31 Å². The van der Waals surface area contributed by atoms with Crippen LogP contribution in [0.2, 0.25) is 0 Å². The number of carbonyl (C=O) groups is 1. The molecule has 8 nitrogen and oxygen atoms in total. The Labute approximate surface area is 200 Å². The molecule has 0 radical (unpaired) electrons. The van der Waals surface area contributed by atoms with Crippen molar-refractivity contribution in [3.8, 4) is 11.5 Å². The lowest BCUT2D eigenvalue weighted by molar-refractivity contribution is -0.117. The summed E-state index contributed by atoms with van der Waals surface area (Å²) in [4.78, 5) is 15.3. The minimum absolute atomic E-state index is 0.132. The minimum atomic E-state index is -3.55. The standard InChI is InChI=1S/C25H31N3O5S/c29-25(26-20-6-4-7-21(17-20)34(30,31)28-12-2-1-3-13-28)18-27-11-5-8-22(27)19-9-10-23-24(16-19)33-15-14-32-23/h4,6-7,9-10,16-17,22H,1-3,5,8,11-15,18H2,(H,26,29)/t22-/m1/s1. The van der Waals surface area contributed by atoms with Gasteiger partial charge in [-0.15, -0.1) is 0 Å². The van der Waals surface area contributed by atoms with Crippen LogP contribution in [0.1, 0.15) is 43.7 Å². The Morgan fingerprint density at radius 2 is 1.74 bits per heavy atom. The molecule has 0 unspecified atom stereocenters. The van der Waals surface area contributed by atoms with Gasteiger partial charge in [-0.1, -0.05) is 18.6 Å². The van der Waals surface area contributed by atoms with Crippen LogP contribution in [0.15, 0.2) is 47.4 Å². The molecule has 0 aliphatic carbocycles. The van der Waals surface area contributed by atoms with E-state index >= 15 is 0 Å². The van der Waals surface area contributed by atoms with Crippen molar-refractivity contribution in [3.63, 3.8) is 0 Å². The van der Waals surface area contributed by atoms with Crippen molar-refractivity contribution in [1.29, 1.82) is 0 Å². The van der Waals surface area contributed by atoms with E-state index in [1.807, 2.05) is 18.2 Å². The smallest absolute Gasteiger partial charge is 0.243 e. The lowest BCUT2D eigenvalue weighted by Crippen LogP contribution is -2.35. The van der Waals surface area contributed by atoms with Crippen LogP contribution in [-0.2, 0) is 14.8 Å². The molecule has 34 heavy (non-hydrogen) atoms. The molecule has 2 saturated heterocycles. The zero-order valence-electron chi connectivity index (χ0n) is 19.2. The van der Waals surface area contributed by atoms with Crippen LogP contribution in [0.3, 0.4) is 0 Å². The average Bonchev–Trinajstić information content (AvgIpc) is 3.32. The van der Waals surface area contributed by atoms with Gasteiger partial charge in [0.15, 0.2) is 11.5 Å². The first-order valence-electron chi connectivity index (χ1n) is 12.0. The third-order valence-electron chi connectivity index (χ3n) is 6.73. The van der Waals surface area contributed by atoms with E-state index in [0.29, 0.717) is 32.0 Å². The summed E-state index contributed by atoms with van der Waals surface area (Å²) in [5, 5.41) is 2.90. The van der Waals surface area contributed by atoms with E-state index in [0.717, 1.165) is 55.7 Å². The van der Waals surface area contributed by atoms with Gasteiger partial charge in [0, 0.05) is 24.8 Å². The zero-order valence-corrected chi connectivity index (χ0v) is 20.1. The van der Waals surface area contributed by atoms with E-state index in [2.05, 4.69) is 10.2 Å². The summed E-state index contributed by atoms with van der Waals surface area (Å²) in [5.41, 5.74) is 1.61. The normalized spacial score (nSPS) is 21.4. The van der Waals surface area contributed by atoms with Gasteiger partial charge in [0.25, 0.3) is 0 Å². The number of hydrogen-bond donors (Lipinski definition) is 1. The number of carbonyl (C=O) groups excluding carboxylic acids is 1. The maximum atomic E-state index is 13.0. The summed E-state index contributed by atoms with van der Waals surface area (Å²) in [6, 6.07) is 12.7. The number of hydrogen-bond acceptors (Lipinski definition) is 6. The monoisotopic (exact) mass is 485 g/mol. The lowest BCUT2D eigenvalue weighted by atomic mass is 10.0. The summed E-state index contributed by atoms with van der Waals surface area (Å²) in [6.07, 6.45) is 4.81. The van der Waals surface area contributed by atoms with Crippen LogP contribution in [0.4, 0.5) is 5.69 Å². The van der Waals surface area contributed by atoms with E-state index in [9.17, 15) is 13.2 Å². The molecule has 3 heterocycles. The highest BCUT2D eigenvalue weighted by molar-refractivity contribution is 7.89. The summed E-state index contributed by atoms with van der Waals surface area (Å²) >= 11 is 0. The third kappa shape index (κ3) is 4.92. The van der Waals surface area contributed by atoms with Gasteiger partial charge in [0.05, 0.1) is 11.4 Å². The van der Waals surface area contributed by atoms with Crippen LogP contribution < -0.4 is 14.8 Å². The maximum absolute atomic E-state index is 13.0. The van der Waals surface area contributed by atoms with E-state index < -0.39 is 10.0 Å². The molecule has 0 spiro atoms. The van der Waals surface area contributed by atoms with Crippen molar-refractivity contribution in [3.05, 3.63) is 48.0 Å². The van der Waals surface area contributed by atoms with E-state index in [1.165, 1.54) is 0 Å². The van der Waals surface area contributed by atoms with Crippen molar-refractivity contribution in [1.82, 2.24) is 9.21 Å². The van der Waals surface area contributed by atoms with E-state index in [4.69, 9.17) is 9.47 Å². The predicted molar refractivity (Wildman–Crippen MR) is 129 cm³/mol. The molecule has 1 N–H and O–H groups in total. The molecule has 2 fully saturated rings. The largest absolute Gasteiger partial charge is 0.486 e. The quantitative estimate of drug-likeness (QED) is 0.675. The van der Waals surface area contributed by atoms with Gasteiger partial charge < -0.3 is 14.8 Å². The molecule has 1 atom stereocenters. The van der Waals surface area contributed by atoms with Gasteiger partial charge in [0.1, 0.15) is 13.2 Å². The first-order chi connectivity index (χ1) is 16.5. The first kappa shape index (κ1) is 23.1. The van der Waals surface area contributed by atoms with Gasteiger partial charge in [-0.25, -0.2) is 8.42 Å². The number of amides is 1. The Kier molecular flexibility index (Phi) is 6.76. The van der Waals surface area contributed by atoms with Gasteiger partial charge >= 0.3 is 0 Å². The number of nitrogens with zero attached hydrogens (tertiary/aromatic N) is 2. The summed E-state index contributed by atoms with van der Waals surface area (Å²) in [6.45, 7) is 3.27. The van der Waals surface area contributed by atoms with Gasteiger partial charge in [-0.05, 0) is 68.1 Å². The number of ether oxygens (including phenoxy) is 2. The fourth-order valence-electron chi connectivity index (χ4n) is 5.03. The molecule has 1 amide bonds. The molecule has 182 valence electrons. The predicted octanol–water partition coefficient (Wildman–Crippen LogP) is 3.41. The van der Waals surface area contributed by atoms with Gasteiger partial charge in [-0.3, -0.25) is 9.69 Å². The second kappa shape index (κ2) is 9.93. The fourth-order valence-corrected chi connectivity index (χ4v) is 6.60. The number of nitrogens with one attached hydrogen (secondary N) is 1. The van der Waals surface area contributed by atoms with Crippen molar-refractivity contribution in [2.45, 2.75) is 43.0 Å². The number of fused-ring (bicyclic) bond motifs is 1. The average molecular weight is 486 g/mol. The van der Waals surface area contributed by atoms with Crippen molar-refractivity contribution in [2.24, 2.45) is 0 Å². The maximum Gasteiger partial charge on any atom is 0.243 e. The summed E-state index contributed by atoms with van der Waals surface area (Å²) in [7, 11) is -3.55. The molecular weight excluding hydrogens is 454 g/mol. The van der Waals surface area contributed by atoms with E-state index in [1.54, 1.807) is 28.6 Å². The topological polar surface area (TPSA) is 88.2 Å². The number of anilines is 1. The Bertz CT molecular complexity index is 1150. The fraction of sp³-hybridized carbons (Fsp3) is 0.480. The Morgan fingerprint density at radius 1 is 0.941 bits per heavy atom. The molecule has 0 bridgehead atoms. The van der Waals surface area contributed by atoms with Crippen molar-refractivity contribution < 1.29 is 22.7 Å². The van der Waals surface area contributed by atoms with Gasteiger partial charge in [0.2, 0.25) is 15.9 Å². The third-order valence-corrected chi connectivity index (χ3v) is 8.63. The molecule has 2 aromatic carbocycles. The molecule has 3 aliphatic heterocycles. The van der Waals surface area contributed by atoms with Crippen LogP contribution in [-0.4, -0.2) is 62.9 Å².